The van der Waals surface area contributed by atoms with Crippen molar-refractivity contribution in [1.82, 2.24) is 0 Å². The van der Waals surface area contributed by atoms with Crippen molar-refractivity contribution in [2.24, 2.45) is 16.7 Å². The van der Waals surface area contributed by atoms with Crippen molar-refractivity contribution in [3.8, 4) is 0 Å². The molecule has 0 spiro atoms. The highest BCUT2D eigenvalue weighted by molar-refractivity contribution is 5.03. The fourth-order valence-electron chi connectivity index (χ4n) is 3.63. The Bertz CT molecular complexity index is 142. The van der Waals surface area contributed by atoms with E-state index in [4.69, 9.17) is 0 Å². The Hall–Kier alpha value is -0.0400. The Kier molecular flexibility index (Phi) is 1.83. The van der Waals surface area contributed by atoms with Crippen LogP contribution in [0.25, 0.3) is 0 Å². The summed E-state index contributed by atoms with van der Waals surface area (Å²) in [5.74, 6) is 0.468. The molecule has 11 heavy (non-hydrogen) atoms. The molecule has 0 aromatic rings. The van der Waals surface area contributed by atoms with E-state index in [2.05, 4.69) is 27.7 Å². The van der Waals surface area contributed by atoms with Gasteiger partial charge in [0, 0.05) is 0 Å². The molecular weight excluding hydrogens is 136 g/mol. The summed E-state index contributed by atoms with van der Waals surface area (Å²) in [4.78, 5) is 0. The molecule has 1 rings (SSSR count). The molecule has 0 bridgehead atoms. The van der Waals surface area contributed by atoms with E-state index in [0.717, 1.165) is 0 Å². The van der Waals surface area contributed by atoms with Gasteiger partial charge in [0.2, 0.25) is 0 Å². The zero-order valence-corrected chi connectivity index (χ0v) is 8.31. The third-order valence-electron chi connectivity index (χ3n) is 3.08. The first-order chi connectivity index (χ1) is 4.77. The second-order valence-corrected chi connectivity index (χ2v) is 5.37. The molecule has 1 heteroatoms. The highest BCUT2D eigenvalue weighted by atomic mass is 16.3. The lowest BCUT2D eigenvalue weighted by Gasteiger charge is -2.59. The maximum atomic E-state index is 9.54. The van der Waals surface area contributed by atoms with Crippen LogP contribution >= 0.6 is 0 Å². The van der Waals surface area contributed by atoms with Gasteiger partial charge in [-0.1, -0.05) is 27.7 Å². The van der Waals surface area contributed by atoms with E-state index < -0.39 is 0 Å². The lowest BCUT2D eigenvalue weighted by molar-refractivity contribution is -0.138. The molecule has 0 aromatic carbocycles. The Morgan fingerprint density at radius 3 is 1.64 bits per heavy atom. The highest BCUT2D eigenvalue weighted by Gasteiger charge is 2.54. The van der Waals surface area contributed by atoms with Crippen LogP contribution in [0.3, 0.4) is 0 Å². The highest BCUT2D eigenvalue weighted by Crippen LogP contribution is 2.59. The smallest absolute Gasteiger partial charge is 0.0550 e. The number of rotatable bonds is 1. The van der Waals surface area contributed by atoms with Crippen LogP contribution < -0.4 is 0 Å². The topological polar surface area (TPSA) is 20.2 Å². The van der Waals surface area contributed by atoms with Gasteiger partial charge < -0.3 is 5.11 Å². The Labute approximate surface area is 69.8 Å². The molecule has 1 atom stereocenters. The average molecular weight is 156 g/mol. The van der Waals surface area contributed by atoms with Crippen molar-refractivity contribution >= 4 is 0 Å². The Balaban J connectivity index is 2.73. The average Bonchev–Trinajstić information content (AvgIpc) is 1.53. The molecule has 0 amide bonds. The lowest BCUT2D eigenvalue weighted by Crippen LogP contribution is -2.54. The monoisotopic (exact) mass is 156 g/mol. The summed E-state index contributed by atoms with van der Waals surface area (Å²) in [5, 5.41) is 9.54. The second-order valence-electron chi connectivity index (χ2n) is 5.37. The van der Waals surface area contributed by atoms with Crippen LogP contribution in [0, 0.1) is 16.7 Å². The third kappa shape index (κ3) is 1.31. The summed E-state index contributed by atoms with van der Waals surface area (Å²) in [5.41, 5.74) is 0.690. The number of hydrogen-bond donors (Lipinski definition) is 1. The summed E-state index contributed by atoms with van der Waals surface area (Å²) in [7, 11) is 0. The minimum absolute atomic E-state index is 0.159. The molecule has 0 aliphatic heterocycles. The largest absolute Gasteiger partial charge is 0.393 e. The summed E-state index contributed by atoms with van der Waals surface area (Å²) in [6, 6.07) is 0. The van der Waals surface area contributed by atoms with Gasteiger partial charge in [0.1, 0.15) is 0 Å². The van der Waals surface area contributed by atoms with E-state index in [1.54, 1.807) is 0 Å². The predicted octanol–water partition coefficient (Wildman–Crippen LogP) is 2.44. The minimum Gasteiger partial charge on any atom is -0.393 e. The standard InChI is InChI=1S/C10H20O/c1-7(11)8-9(2,3)6-10(8,4)5/h7-8,11H,6H2,1-5H3. The van der Waals surface area contributed by atoms with E-state index in [9.17, 15) is 5.11 Å². The van der Waals surface area contributed by atoms with Gasteiger partial charge in [0.15, 0.2) is 0 Å². The van der Waals surface area contributed by atoms with E-state index in [1.165, 1.54) is 6.42 Å². The third-order valence-corrected chi connectivity index (χ3v) is 3.08. The van der Waals surface area contributed by atoms with Crippen LogP contribution in [-0.4, -0.2) is 11.2 Å². The van der Waals surface area contributed by atoms with Crippen LogP contribution in [0.15, 0.2) is 0 Å². The molecule has 1 unspecified atom stereocenters. The SMILES string of the molecule is CC(O)C1C(C)(C)CC1(C)C. The summed E-state index contributed by atoms with van der Waals surface area (Å²) in [6.45, 7) is 10.9. The normalized spacial score (nSPS) is 31.1. The van der Waals surface area contributed by atoms with Gasteiger partial charge in [0.05, 0.1) is 6.10 Å². The fraction of sp³-hybridized carbons (Fsp3) is 1.00. The molecule has 1 fully saturated rings. The first-order valence-electron chi connectivity index (χ1n) is 4.45. The second kappa shape index (κ2) is 2.22. The first-order valence-corrected chi connectivity index (χ1v) is 4.45. The van der Waals surface area contributed by atoms with Gasteiger partial charge in [-0.05, 0) is 30.1 Å². The summed E-state index contributed by atoms with van der Waals surface area (Å²) in [6.07, 6.45) is 1.07. The molecular formula is C10H20O. The van der Waals surface area contributed by atoms with Crippen LogP contribution in [0.1, 0.15) is 41.0 Å². The van der Waals surface area contributed by atoms with Gasteiger partial charge in [0.25, 0.3) is 0 Å². The van der Waals surface area contributed by atoms with Crippen LogP contribution in [0.4, 0.5) is 0 Å². The number of aliphatic hydroxyl groups is 1. The van der Waals surface area contributed by atoms with Gasteiger partial charge in [-0.15, -0.1) is 0 Å². The zero-order chi connectivity index (χ0) is 8.86. The van der Waals surface area contributed by atoms with Gasteiger partial charge in [-0.3, -0.25) is 0 Å². The fourth-order valence-corrected chi connectivity index (χ4v) is 3.63. The molecule has 0 radical (unpaired) electrons. The lowest BCUT2D eigenvalue weighted by atomic mass is 9.47. The van der Waals surface area contributed by atoms with Crippen LogP contribution in [0.5, 0.6) is 0 Å². The van der Waals surface area contributed by atoms with E-state index >= 15 is 0 Å². The Morgan fingerprint density at radius 2 is 1.55 bits per heavy atom. The first kappa shape index (κ1) is 9.05. The molecule has 1 N–H and O–H groups in total. The van der Waals surface area contributed by atoms with Crippen molar-refractivity contribution in [1.29, 1.82) is 0 Å². The Morgan fingerprint density at radius 1 is 1.18 bits per heavy atom. The molecule has 1 aliphatic rings. The van der Waals surface area contributed by atoms with E-state index in [1.807, 2.05) is 6.92 Å². The molecule has 1 saturated carbocycles. The van der Waals surface area contributed by atoms with Gasteiger partial charge in [-0.2, -0.15) is 0 Å². The van der Waals surface area contributed by atoms with Gasteiger partial charge >= 0.3 is 0 Å². The quantitative estimate of drug-likeness (QED) is 0.618. The van der Waals surface area contributed by atoms with E-state index in [0.29, 0.717) is 16.7 Å². The number of aliphatic hydroxyl groups excluding tert-OH is 1. The van der Waals surface area contributed by atoms with Crippen LogP contribution in [0.2, 0.25) is 0 Å². The summed E-state index contributed by atoms with van der Waals surface area (Å²) < 4.78 is 0. The van der Waals surface area contributed by atoms with Crippen molar-refractivity contribution in [2.75, 3.05) is 0 Å². The molecule has 0 saturated heterocycles. The van der Waals surface area contributed by atoms with Crippen molar-refractivity contribution < 1.29 is 5.11 Å². The van der Waals surface area contributed by atoms with Crippen molar-refractivity contribution in [2.45, 2.75) is 47.1 Å². The van der Waals surface area contributed by atoms with Crippen LogP contribution in [-0.2, 0) is 0 Å². The van der Waals surface area contributed by atoms with Gasteiger partial charge in [-0.25, -0.2) is 0 Å². The minimum atomic E-state index is -0.159. The molecule has 0 aromatic heterocycles. The molecule has 1 nitrogen and oxygen atoms in total. The maximum absolute atomic E-state index is 9.54. The molecule has 0 heterocycles. The van der Waals surface area contributed by atoms with Crippen molar-refractivity contribution in [3.05, 3.63) is 0 Å². The zero-order valence-electron chi connectivity index (χ0n) is 8.31. The molecule has 66 valence electrons. The summed E-state index contributed by atoms with van der Waals surface area (Å²) >= 11 is 0. The molecule has 1 aliphatic carbocycles. The predicted molar refractivity (Wildman–Crippen MR) is 47.3 cm³/mol. The maximum Gasteiger partial charge on any atom is 0.0550 e. The number of hydrogen-bond acceptors (Lipinski definition) is 1. The van der Waals surface area contributed by atoms with E-state index in [-0.39, 0.29) is 6.10 Å². The van der Waals surface area contributed by atoms with Crippen molar-refractivity contribution in [3.63, 3.8) is 0 Å².